The van der Waals surface area contributed by atoms with E-state index in [4.69, 9.17) is 5.73 Å². The molecule has 0 fully saturated rings. The van der Waals surface area contributed by atoms with Crippen LogP contribution in [0.25, 0.3) is 0 Å². The molecule has 1 rings (SSSR count). The molecule has 1 atom stereocenters. The largest absolute Gasteiger partial charge is 0.399 e. The van der Waals surface area contributed by atoms with Crippen LogP contribution in [-0.2, 0) is 11.2 Å². The molecule has 0 aliphatic rings. The summed E-state index contributed by atoms with van der Waals surface area (Å²) in [6.07, 6.45) is 2.22. The summed E-state index contributed by atoms with van der Waals surface area (Å²) < 4.78 is 0. The number of rotatable bonds is 6. The first-order valence-electron chi connectivity index (χ1n) is 5.75. The number of aliphatic hydroxyl groups is 1. The molecule has 1 aromatic carbocycles. The second-order valence-electron chi connectivity index (χ2n) is 4.63. The third kappa shape index (κ3) is 5.42. The van der Waals surface area contributed by atoms with Gasteiger partial charge in [-0.3, -0.25) is 4.79 Å². The number of nitrogens with two attached hydrogens (primary N) is 1. The lowest BCUT2D eigenvalue weighted by molar-refractivity contribution is -0.121. The van der Waals surface area contributed by atoms with Crippen molar-refractivity contribution in [2.24, 2.45) is 0 Å². The van der Waals surface area contributed by atoms with Crippen molar-refractivity contribution in [3.8, 4) is 0 Å². The van der Waals surface area contributed by atoms with Crippen LogP contribution in [0.2, 0.25) is 0 Å². The van der Waals surface area contributed by atoms with Crippen molar-refractivity contribution >= 4 is 23.4 Å². The van der Waals surface area contributed by atoms with E-state index in [0.29, 0.717) is 17.9 Å². The van der Waals surface area contributed by atoms with Crippen molar-refractivity contribution in [3.63, 3.8) is 0 Å². The summed E-state index contributed by atoms with van der Waals surface area (Å²) in [5.74, 6) is 0.496. The zero-order chi connectivity index (χ0) is 13.6. The van der Waals surface area contributed by atoms with E-state index in [1.165, 1.54) is 0 Å². The summed E-state index contributed by atoms with van der Waals surface area (Å²) in [4.78, 5) is 11.7. The molecule has 0 bridgehead atoms. The summed E-state index contributed by atoms with van der Waals surface area (Å²) in [5.41, 5.74) is 6.30. The average Bonchev–Trinajstić information content (AvgIpc) is 2.30. The number of nitrogen functional groups attached to an aromatic ring is 1. The molecular weight excluding hydrogens is 248 g/mol. The molecule has 1 unspecified atom stereocenters. The van der Waals surface area contributed by atoms with Crippen molar-refractivity contribution < 1.29 is 9.90 Å². The SMILES string of the molecule is CSCC(C)(O)CNC(=O)Cc1ccc(N)cc1. The molecule has 100 valence electrons. The van der Waals surface area contributed by atoms with Gasteiger partial charge in [0.2, 0.25) is 5.91 Å². The van der Waals surface area contributed by atoms with E-state index < -0.39 is 5.60 Å². The fourth-order valence-corrected chi connectivity index (χ4v) is 2.26. The Morgan fingerprint density at radius 1 is 1.44 bits per heavy atom. The van der Waals surface area contributed by atoms with Gasteiger partial charge in [0.15, 0.2) is 0 Å². The zero-order valence-corrected chi connectivity index (χ0v) is 11.6. The van der Waals surface area contributed by atoms with E-state index in [9.17, 15) is 9.90 Å². The predicted octanol–water partition coefficient (Wildman–Crippen LogP) is 1.04. The minimum Gasteiger partial charge on any atom is -0.399 e. The standard InChI is InChI=1S/C13H20N2O2S/c1-13(17,9-18-2)8-15-12(16)7-10-3-5-11(14)6-4-10/h3-6,17H,7-9,14H2,1-2H3,(H,15,16). The molecule has 0 radical (unpaired) electrons. The Morgan fingerprint density at radius 2 is 2.06 bits per heavy atom. The first-order chi connectivity index (χ1) is 8.43. The summed E-state index contributed by atoms with van der Waals surface area (Å²) in [6, 6.07) is 7.20. The van der Waals surface area contributed by atoms with Crippen LogP contribution >= 0.6 is 11.8 Å². The van der Waals surface area contributed by atoms with Gasteiger partial charge in [0.1, 0.15) is 0 Å². The summed E-state index contributed by atoms with van der Waals surface area (Å²) >= 11 is 1.55. The third-order valence-electron chi connectivity index (χ3n) is 2.47. The minimum atomic E-state index is -0.865. The quantitative estimate of drug-likeness (QED) is 0.674. The maximum atomic E-state index is 11.7. The summed E-state index contributed by atoms with van der Waals surface area (Å²) in [6.45, 7) is 1.98. The van der Waals surface area contributed by atoms with Crippen molar-refractivity contribution in [3.05, 3.63) is 29.8 Å². The van der Waals surface area contributed by atoms with E-state index in [1.54, 1.807) is 30.8 Å². The van der Waals surface area contributed by atoms with Gasteiger partial charge >= 0.3 is 0 Å². The third-order valence-corrected chi connectivity index (χ3v) is 3.38. The Kier molecular flexibility index (Phi) is 5.50. The van der Waals surface area contributed by atoms with E-state index in [2.05, 4.69) is 5.32 Å². The minimum absolute atomic E-state index is 0.0962. The van der Waals surface area contributed by atoms with Crippen LogP contribution in [0.1, 0.15) is 12.5 Å². The van der Waals surface area contributed by atoms with Crippen LogP contribution < -0.4 is 11.1 Å². The lowest BCUT2D eigenvalue weighted by Crippen LogP contribution is -2.42. The van der Waals surface area contributed by atoms with E-state index >= 15 is 0 Å². The molecular formula is C13H20N2O2S. The van der Waals surface area contributed by atoms with Crippen LogP contribution in [0.4, 0.5) is 5.69 Å². The number of amides is 1. The van der Waals surface area contributed by atoms with Crippen LogP contribution in [0.5, 0.6) is 0 Å². The summed E-state index contributed by atoms with van der Waals surface area (Å²) in [7, 11) is 0. The lowest BCUT2D eigenvalue weighted by atomic mass is 10.1. The van der Waals surface area contributed by atoms with E-state index in [0.717, 1.165) is 5.56 Å². The molecule has 18 heavy (non-hydrogen) atoms. The average molecular weight is 268 g/mol. The maximum Gasteiger partial charge on any atom is 0.224 e. The smallest absolute Gasteiger partial charge is 0.224 e. The van der Waals surface area contributed by atoms with Crippen molar-refractivity contribution in [2.45, 2.75) is 18.9 Å². The number of carbonyl (C=O) groups is 1. The molecule has 1 amide bonds. The second-order valence-corrected chi connectivity index (χ2v) is 5.49. The van der Waals surface area contributed by atoms with Crippen molar-refractivity contribution in [1.82, 2.24) is 5.32 Å². The molecule has 5 heteroatoms. The topological polar surface area (TPSA) is 75.3 Å². The van der Waals surface area contributed by atoms with Crippen molar-refractivity contribution in [2.75, 3.05) is 24.3 Å². The second kappa shape index (κ2) is 6.66. The molecule has 0 aliphatic carbocycles. The highest BCUT2D eigenvalue weighted by Gasteiger charge is 2.20. The number of hydrogen-bond acceptors (Lipinski definition) is 4. The first kappa shape index (κ1) is 14.9. The number of benzene rings is 1. The highest BCUT2D eigenvalue weighted by atomic mass is 32.2. The molecule has 1 aromatic rings. The first-order valence-corrected chi connectivity index (χ1v) is 7.15. The van der Waals surface area contributed by atoms with E-state index in [1.807, 2.05) is 18.4 Å². The molecule has 0 aromatic heterocycles. The normalized spacial score (nSPS) is 13.9. The number of hydrogen-bond donors (Lipinski definition) is 3. The highest BCUT2D eigenvalue weighted by Crippen LogP contribution is 2.09. The number of anilines is 1. The number of carbonyl (C=O) groups excluding carboxylic acids is 1. The van der Waals surface area contributed by atoms with Crippen LogP contribution in [-0.4, -0.2) is 35.2 Å². The fourth-order valence-electron chi connectivity index (χ4n) is 1.53. The highest BCUT2D eigenvalue weighted by molar-refractivity contribution is 7.98. The van der Waals surface area contributed by atoms with Crippen LogP contribution in [0.3, 0.4) is 0 Å². The Hall–Kier alpha value is -1.20. The van der Waals surface area contributed by atoms with Crippen LogP contribution in [0, 0.1) is 0 Å². The van der Waals surface area contributed by atoms with Gasteiger partial charge in [-0.25, -0.2) is 0 Å². The molecule has 0 spiro atoms. The molecule has 0 aliphatic heterocycles. The van der Waals surface area contributed by atoms with Crippen molar-refractivity contribution in [1.29, 1.82) is 0 Å². The summed E-state index contributed by atoms with van der Waals surface area (Å²) in [5, 5.41) is 12.7. The zero-order valence-electron chi connectivity index (χ0n) is 10.8. The Bertz CT molecular complexity index is 390. The lowest BCUT2D eigenvalue weighted by Gasteiger charge is -2.22. The van der Waals surface area contributed by atoms with Gasteiger partial charge in [0.25, 0.3) is 0 Å². The predicted molar refractivity (Wildman–Crippen MR) is 76.6 cm³/mol. The Balaban J connectivity index is 2.40. The Morgan fingerprint density at radius 3 is 2.61 bits per heavy atom. The number of nitrogens with one attached hydrogen (secondary N) is 1. The Labute approximate surface area is 112 Å². The van der Waals surface area contributed by atoms with Gasteiger partial charge in [-0.1, -0.05) is 12.1 Å². The van der Waals surface area contributed by atoms with Gasteiger partial charge < -0.3 is 16.2 Å². The molecule has 0 heterocycles. The van der Waals surface area contributed by atoms with Gasteiger partial charge in [0.05, 0.1) is 12.0 Å². The van der Waals surface area contributed by atoms with Gasteiger partial charge in [-0.05, 0) is 30.9 Å². The fraction of sp³-hybridized carbons (Fsp3) is 0.462. The molecule has 4 N–H and O–H groups in total. The monoisotopic (exact) mass is 268 g/mol. The van der Waals surface area contributed by atoms with Crippen LogP contribution in [0.15, 0.2) is 24.3 Å². The molecule has 0 saturated heterocycles. The maximum absolute atomic E-state index is 11.7. The molecule has 4 nitrogen and oxygen atoms in total. The molecule has 0 saturated carbocycles. The number of thioether (sulfide) groups is 1. The van der Waals surface area contributed by atoms with Gasteiger partial charge in [-0.2, -0.15) is 11.8 Å². The van der Waals surface area contributed by atoms with Gasteiger partial charge in [-0.15, -0.1) is 0 Å². The van der Waals surface area contributed by atoms with E-state index in [-0.39, 0.29) is 12.5 Å². The van der Waals surface area contributed by atoms with Gasteiger partial charge in [0, 0.05) is 18.0 Å².